The number of imidazole rings is 1. The highest BCUT2D eigenvalue weighted by Gasteiger charge is 2.35. The SMILES string of the molecule is COCn1ccnc1C1=C(c2c[nH]c3ccccc23)C(=O)NC1=O. The zero-order chi connectivity index (χ0) is 16.7. The van der Waals surface area contributed by atoms with Gasteiger partial charge in [-0.3, -0.25) is 14.9 Å². The molecule has 3 aromatic rings. The normalized spacial score (nSPS) is 14.7. The summed E-state index contributed by atoms with van der Waals surface area (Å²) in [7, 11) is 1.55. The average molecular weight is 322 g/mol. The van der Waals surface area contributed by atoms with Gasteiger partial charge in [0.05, 0.1) is 11.1 Å². The van der Waals surface area contributed by atoms with E-state index < -0.39 is 11.8 Å². The molecule has 0 radical (unpaired) electrons. The van der Waals surface area contributed by atoms with Crippen LogP contribution in [0.15, 0.2) is 42.9 Å². The van der Waals surface area contributed by atoms with Crippen molar-refractivity contribution in [3.63, 3.8) is 0 Å². The number of carbonyl (C=O) groups is 2. The summed E-state index contributed by atoms with van der Waals surface area (Å²) in [6.07, 6.45) is 5.01. The lowest BCUT2D eigenvalue weighted by molar-refractivity contribution is -0.122. The summed E-state index contributed by atoms with van der Waals surface area (Å²) in [5.74, 6) is -0.476. The molecule has 0 saturated heterocycles. The Hall–Kier alpha value is -3.19. The number of H-pyrrole nitrogens is 1. The molecule has 2 amide bonds. The Balaban J connectivity index is 1.98. The van der Waals surface area contributed by atoms with Gasteiger partial charge in [0.1, 0.15) is 12.6 Å². The number of para-hydroxylation sites is 1. The lowest BCUT2D eigenvalue weighted by Crippen LogP contribution is -2.23. The van der Waals surface area contributed by atoms with Gasteiger partial charge in [0, 0.05) is 42.2 Å². The van der Waals surface area contributed by atoms with Gasteiger partial charge in [-0.05, 0) is 6.07 Å². The summed E-state index contributed by atoms with van der Waals surface area (Å²) >= 11 is 0. The van der Waals surface area contributed by atoms with Crippen molar-refractivity contribution < 1.29 is 14.3 Å². The number of nitrogens with zero attached hydrogens (tertiary/aromatic N) is 2. The maximum Gasteiger partial charge on any atom is 0.262 e. The Morgan fingerprint density at radius 3 is 2.79 bits per heavy atom. The molecule has 0 saturated carbocycles. The number of methoxy groups -OCH3 is 1. The van der Waals surface area contributed by atoms with Crippen LogP contribution in [0.3, 0.4) is 0 Å². The van der Waals surface area contributed by atoms with Gasteiger partial charge >= 0.3 is 0 Å². The molecule has 0 spiro atoms. The first-order valence-electron chi connectivity index (χ1n) is 7.37. The van der Waals surface area contributed by atoms with E-state index in [1.807, 2.05) is 24.3 Å². The number of ether oxygens (including phenoxy) is 1. The molecule has 1 aromatic carbocycles. The third-order valence-corrected chi connectivity index (χ3v) is 4.00. The quantitative estimate of drug-likeness (QED) is 0.713. The second-order valence-electron chi connectivity index (χ2n) is 5.42. The van der Waals surface area contributed by atoms with E-state index in [0.29, 0.717) is 17.0 Å². The molecule has 3 heterocycles. The third kappa shape index (κ3) is 2.06. The van der Waals surface area contributed by atoms with Crippen LogP contribution in [0, 0.1) is 0 Å². The van der Waals surface area contributed by atoms with Crippen molar-refractivity contribution in [2.24, 2.45) is 0 Å². The van der Waals surface area contributed by atoms with Crippen LogP contribution in [0.2, 0.25) is 0 Å². The van der Waals surface area contributed by atoms with Gasteiger partial charge in [-0.2, -0.15) is 0 Å². The van der Waals surface area contributed by atoms with E-state index in [0.717, 1.165) is 10.9 Å². The molecule has 4 rings (SSSR count). The Labute approximate surface area is 136 Å². The minimum Gasteiger partial charge on any atom is -0.364 e. The predicted molar refractivity (Wildman–Crippen MR) is 87.5 cm³/mol. The minimum atomic E-state index is -0.455. The van der Waals surface area contributed by atoms with E-state index in [2.05, 4.69) is 15.3 Å². The number of imide groups is 1. The van der Waals surface area contributed by atoms with Crippen LogP contribution in [-0.2, 0) is 21.1 Å². The van der Waals surface area contributed by atoms with Crippen LogP contribution >= 0.6 is 0 Å². The zero-order valence-corrected chi connectivity index (χ0v) is 12.9. The first kappa shape index (κ1) is 14.4. The summed E-state index contributed by atoms with van der Waals surface area (Å²) in [5, 5.41) is 3.24. The Morgan fingerprint density at radius 2 is 1.96 bits per heavy atom. The molecule has 7 nitrogen and oxygen atoms in total. The highest BCUT2D eigenvalue weighted by Crippen LogP contribution is 2.34. The number of hydrogen-bond acceptors (Lipinski definition) is 4. The number of amides is 2. The average Bonchev–Trinajstić information content (AvgIpc) is 3.25. The zero-order valence-electron chi connectivity index (χ0n) is 12.9. The van der Waals surface area contributed by atoms with E-state index >= 15 is 0 Å². The molecule has 0 unspecified atom stereocenters. The lowest BCUT2D eigenvalue weighted by Gasteiger charge is -2.07. The van der Waals surface area contributed by atoms with Crippen LogP contribution in [0.4, 0.5) is 0 Å². The van der Waals surface area contributed by atoms with E-state index in [9.17, 15) is 9.59 Å². The van der Waals surface area contributed by atoms with Crippen molar-refractivity contribution >= 4 is 33.9 Å². The van der Waals surface area contributed by atoms with Gasteiger partial charge in [-0.25, -0.2) is 4.98 Å². The van der Waals surface area contributed by atoms with Gasteiger partial charge in [0.2, 0.25) is 0 Å². The van der Waals surface area contributed by atoms with E-state index in [-0.39, 0.29) is 12.3 Å². The molecule has 7 heteroatoms. The first-order valence-corrected chi connectivity index (χ1v) is 7.37. The standard InChI is InChI=1S/C17H14N4O3/c1-24-9-21-7-6-18-15(21)14-13(16(22)20-17(14)23)11-8-19-12-5-3-2-4-10(11)12/h2-8,19H,9H2,1H3,(H,20,22,23). The fourth-order valence-electron chi connectivity index (χ4n) is 2.98. The summed E-state index contributed by atoms with van der Waals surface area (Å²) < 4.78 is 6.81. The summed E-state index contributed by atoms with van der Waals surface area (Å²) in [5.41, 5.74) is 2.15. The lowest BCUT2D eigenvalue weighted by atomic mass is 10.0. The molecule has 1 aliphatic heterocycles. The molecule has 0 atom stereocenters. The molecule has 0 aliphatic carbocycles. The molecule has 0 fully saturated rings. The van der Waals surface area contributed by atoms with Crippen LogP contribution < -0.4 is 5.32 Å². The number of hydrogen-bond donors (Lipinski definition) is 2. The van der Waals surface area contributed by atoms with E-state index in [4.69, 9.17) is 4.74 Å². The van der Waals surface area contributed by atoms with Gasteiger partial charge in [-0.1, -0.05) is 18.2 Å². The molecular formula is C17H14N4O3. The van der Waals surface area contributed by atoms with E-state index in [1.165, 1.54) is 0 Å². The van der Waals surface area contributed by atoms with E-state index in [1.54, 1.807) is 30.3 Å². The second kappa shape index (κ2) is 5.47. The highest BCUT2D eigenvalue weighted by atomic mass is 16.5. The monoisotopic (exact) mass is 322 g/mol. The van der Waals surface area contributed by atoms with Crippen LogP contribution in [0.5, 0.6) is 0 Å². The number of benzene rings is 1. The van der Waals surface area contributed by atoms with Gasteiger partial charge < -0.3 is 14.3 Å². The smallest absolute Gasteiger partial charge is 0.262 e. The number of nitrogens with one attached hydrogen (secondary N) is 2. The van der Waals surface area contributed by atoms with Crippen molar-refractivity contribution in [2.75, 3.05) is 7.11 Å². The fraction of sp³-hybridized carbons (Fsp3) is 0.118. The predicted octanol–water partition coefficient (Wildman–Crippen LogP) is 1.54. The number of fused-ring (bicyclic) bond motifs is 1. The Kier molecular flexibility index (Phi) is 3.28. The summed E-state index contributed by atoms with van der Waals surface area (Å²) in [4.78, 5) is 32.2. The first-order chi connectivity index (χ1) is 11.7. The minimum absolute atomic E-state index is 0.238. The molecule has 24 heavy (non-hydrogen) atoms. The number of aromatic amines is 1. The molecule has 2 N–H and O–H groups in total. The molecule has 1 aliphatic rings. The topological polar surface area (TPSA) is 89.0 Å². The Bertz CT molecular complexity index is 996. The van der Waals surface area contributed by atoms with Crippen molar-refractivity contribution in [3.8, 4) is 0 Å². The highest BCUT2D eigenvalue weighted by molar-refractivity contribution is 6.49. The van der Waals surface area contributed by atoms with Crippen molar-refractivity contribution in [3.05, 3.63) is 54.2 Å². The largest absolute Gasteiger partial charge is 0.364 e. The summed E-state index contributed by atoms with van der Waals surface area (Å²) in [6.45, 7) is 0.238. The van der Waals surface area contributed by atoms with Crippen molar-refractivity contribution in [1.82, 2.24) is 19.9 Å². The molecular weight excluding hydrogens is 308 g/mol. The molecule has 120 valence electrons. The maximum absolute atomic E-state index is 12.4. The summed E-state index contributed by atoms with van der Waals surface area (Å²) in [6, 6.07) is 7.62. The number of carbonyl (C=O) groups excluding carboxylic acids is 2. The molecule has 0 bridgehead atoms. The second-order valence-corrected chi connectivity index (χ2v) is 5.42. The van der Waals surface area contributed by atoms with Crippen LogP contribution in [-0.4, -0.2) is 33.5 Å². The van der Waals surface area contributed by atoms with Gasteiger partial charge in [-0.15, -0.1) is 0 Å². The van der Waals surface area contributed by atoms with Crippen molar-refractivity contribution in [2.45, 2.75) is 6.73 Å². The van der Waals surface area contributed by atoms with Gasteiger partial charge in [0.15, 0.2) is 0 Å². The maximum atomic E-state index is 12.4. The van der Waals surface area contributed by atoms with Gasteiger partial charge in [0.25, 0.3) is 11.8 Å². The number of aromatic nitrogens is 3. The fourth-order valence-corrected chi connectivity index (χ4v) is 2.98. The Morgan fingerprint density at radius 1 is 1.17 bits per heavy atom. The van der Waals surface area contributed by atoms with Crippen LogP contribution in [0.1, 0.15) is 11.4 Å². The van der Waals surface area contributed by atoms with Crippen LogP contribution in [0.25, 0.3) is 22.0 Å². The third-order valence-electron chi connectivity index (χ3n) is 4.00. The molecule has 2 aromatic heterocycles. The number of rotatable bonds is 4. The van der Waals surface area contributed by atoms with Crippen molar-refractivity contribution in [1.29, 1.82) is 0 Å².